The highest BCUT2D eigenvalue weighted by Gasteiger charge is 2.36. The normalized spacial score (nSPS) is 12.3. The van der Waals surface area contributed by atoms with Crippen LogP contribution in [0.2, 0.25) is 0 Å². The minimum Gasteiger partial charge on any atom is -0.404 e. The number of nitro groups is 1. The lowest BCUT2D eigenvalue weighted by molar-refractivity contribution is -0.385. The molecule has 0 unspecified atom stereocenters. The van der Waals surface area contributed by atoms with E-state index in [0.717, 1.165) is 0 Å². The third-order valence-electron chi connectivity index (χ3n) is 1.59. The first kappa shape index (κ1) is 15.4. The van der Waals surface area contributed by atoms with Crippen LogP contribution in [-0.4, -0.2) is 16.8 Å². The summed E-state index contributed by atoms with van der Waals surface area (Å²) in [5, 5.41) is 10.4. The Kier molecular flexibility index (Phi) is 4.18. The van der Waals surface area contributed by atoms with E-state index < -0.39 is 44.9 Å². The Hall–Kier alpha value is -1.65. The molecule has 11 heteroatoms. The number of thioether (sulfide) groups is 1. The largest absolute Gasteiger partial charge is 0.573 e. The highest BCUT2D eigenvalue weighted by Crippen LogP contribution is 2.43. The van der Waals surface area contributed by atoms with Gasteiger partial charge in [-0.1, -0.05) is 0 Å². The van der Waals surface area contributed by atoms with Crippen molar-refractivity contribution < 1.29 is 36.0 Å². The molecule has 0 bridgehead atoms. The first-order valence-corrected chi connectivity index (χ1v) is 5.09. The quantitative estimate of drug-likeness (QED) is 0.365. The maximum absolute atomic E-state index is 12.1. The first-order chi connectivity index (χ1) is 8.48. The molecule has 0 saturated heterocycles. The number of hydrogen-bond acceptors (Lipinski definition) is 4. The van der Waals surface area contributed by atoms with Crippen LogP contribution in [0.5, 0.6) is 5.75 Å². The zero-order valence-electron chi connectivity index (χ0n) is 8.58. The molecule has 0 amide bonds. The molecule has 0 aromatic heterocycles. The number of hydrogen-bond donors (Lipinski definition) is 0. The maximum atomic E-state index is 12.1. The van der Waals surface area contributed by atoms with Crippen molar-refractivity contribution in [3.8, 4) is 5.75 Å². The molecule has 4 nitrogen and oxygen atoms in total. The van der Waals surface area contributed by atoms with Gasteiger partial charge in [-0.2, -0.15) is 13.2 Å². The van der Waals surface area contributed by atoms with Crippen molar-refractivity contribution in [2.45, 2.75) is 16.8 Å². The monoisotopic (exact) mass is 307 g/mol. The second-order valence-electron chi connectivity index (χ2n) is 2.98. The highest BCUT2D eigenvalue weighted by atomic mass is 32.2. The van der Waals surface area contributed by atoms with Gasteiger partial charge in [0.15, 0.2) is 0 Å². The summed E-state index contributed by atoms with van der Waals surface area (Å²) in [6.07, 6.45) is -5.25. The molecule has 106 valence electrons. The Bertz CT molecular complexity index is 486. The number of halogens is 6. The van der Waals surface area contributed by atoms with E-state index in [2.05, 4.69) is 4.74 Å². The highest BCUT2D eigenvalue weighted by molar-refractivity contribution is 8.00. The van der Waals surface area contributed by atoms with Crippen LogP contribution in [0, 0.1) is 10.1 Å². The van der Waals surface area contributed by atoms with E-state index in [4.69, 9.17) is 0 Å². The zero-order valence-corrected chi connectivity index (χ0v) is 9.40. The Morgan fingerprint density at radius 2 is 1.74 bits per heavy atom. The van der Waals surface area contributed by atoms with Crippen molar-refractivity contribution in [2.75, 3.05) is 0 Å². The van der Waals surface area contributed by atoms with Crippen LogP contribution in [0.1, 0.15) is 0 Å². The van der Waals surface area contributed by atoms with Crippen LogP contribution in [0.15, 0.2) is 23.1 Å². The summed E-state index contributed by atoms with van der Waals surface area (Å²) in [4.78, 5) is 8.38. The molecule has 0 atom stereocenters. The Morgan fingerprint density at radius 1 is 1.16 bits per heavy atom. The van der Waals surface area contributed by atoms with Gasteiger partial charge in [0.2, 0.25) is 0 Å². The van der Waals surface area contributed by atoms with Gasteiger partial charge in [-0.25, -0.2) is 0 Å². The predicted octanol–water partition coefficient (Wildman–Crippen LogP) is 4.11. The van der Waals surface area contributed by atoms with Gasteiger partial charge in [-0.3, -0.25) is 10.1 Å². The second-order valence-corrected chi connectivity index (χ2v) is 4.09. The van der Waals surface area contributed by atoms with E-state index in [0.29, 0.717) is 12.1 Å². The van der Waals surface area contributed by atoms with Crippen molar-refractivity contribution in [1.29, 1.82) is 0 Å². The summed E-state index contributed by atoms with van der Waals surface area (Å²) >= 11 is -0.859. The SMILES string of the molecule is O=[N+]([O-])c1ccc(SC(F)(F)F)c(OC(F)(F)F)c1. The summed E-state index contributed by atoms with van der Waals surface area (Å²) in [7, 11) is 0. The summed E-state index contributed by atoms with van der Waals surface area (Å²) < 4.78 is 75.7. The average molecular weight is 307 g/mol. The number of nitro benzene ring substituents is 1. The van der Waals surface area contributed by atoms with Gasteiger partial charge in [0.25, 0.3) is 5.69 Å². The lowest BCUT2D eigenvalue weighted by atomic mass is 10.3. The van der Waals surface area contributed by atoms with Gasteiger partial charge in [0, 0.05) is 6.07 Å². The number of ether oxygens (including phenoxy) is 1. The van der Waals surface area contributed by atoms with E-state index in [9.17, 15) is 36.5 Å². The topological polar surface area (TPSA) is 52.4 Å². The van der Waals surface area contributed by atoms with E-state index in [-0.39, 0.29) is 6.07 Å². The fraction of sp³-hybridized carbons (Fsp3) is 0.250. The minimum absolute atomic E-state index is 0.279. The maximum Gasteiger partial charge on any atom is 0.573 e. The molecule has 0 saturated carbocycles. The second kappa shape index (κ2) is 5.15. The molecule has 0 heterocycles. The molecule has 0 fully saturated rings. The number of benzene rings is 1. The van der Waals surface area contributed by atoms with Crippen LogP contribution in [0.4, 0.5) is 32.0 Å². The van der Waals surface area contributed by atoms with Crippen LogP contribution < -0.4 is 4.74 Å². The molecule has 0 aliphatic carbocycles. The molecule has 19 heavy (non-hydrogen) atoms. The summed E-state index contributed by atoms with van der Waals surface area (Å²) in [5.74, 6) is -1.27. The van der Waals surface area contributed by atoms with E-state index >= 15 is 0 Å². The Balaban J connectivity index is 3.19. The van der Waals surface area contributed by atoms with Gasteiger partial charge >= 0.3 is 11.9 Å². The van der Waals surface area contributed by atoms with Crippen molar-refractivity contribution >= 4 is 17.4 Å². The third kappa shape index (κ3) is 5.24. The number of nitrogens with zero attached hydrogens (tertiary/aromatic N) is 1. The van der Waals surface area contributed by atoms with Gasteiger partial charge < -0.3 is 4.74 Å². The predicted molar refractivity (Wildman–Crippen MR) is 51.7 cm³/mol. The lowest BCUT2D eigenvalue weighted by Crippen LogP contribution is -2.18. The van der Waals surface area contributed by atoms with E-state index in [1.807, 2.05) is 0 Å². The van der Waals surface area contributed by atoms with Gasteiger partial charge in [-0.05, 0) is 17.8 Å². The van der Waals surface area contributed by atoms with Crippen molar-refractivity contribution in [3.05, 3.63) is 28.3 Å². The summed E-state index contributed by atoms with van der Waals surface area (Å²) in [6.45, 7) is 0. The molecular formula is C8H3F6NO3S. The van der Waals surface area contributed by atoms with Crippen LogP contribution in [0.3, 0.4) is 0 Å². The fourth-order valence-corrected chi connectivity index (χ4v) is 1.61. The lowest BCUT2D eigenvalue weighted by Gasteiger charge is -2.13. The fourth-order valence-electron chi connectivity index (χ4n) is 1.02. The number of alkyl halides is 6. The van der Waals surface area contributed by atoms with Crippen LogP contribution in [0.25, 0.3) is 0 Å². The molecule has 0 aliphatic heterocycles. The Labute approximate surface area is 105 Å². The van der Waals surface area contributed by atoms with Crippen molar-refractivity contribution in [3.63, 3.8) is 0 Å². The molecule has 0 radical (unpaired) electrons. The Morgan fingerprint density at radius 3 is 2.16 bits per heavy atom. The number of non-ortho nitro benzene ring substituents is 1. The van der Waals surface area contributed by atoms with Gasteiger partial charge in [0.1, 0.15) is 5.75 Å². The third-order valence-corrected chi connectivity index (χ3v) is 2.38. The molecule has 1 aromatic rings. The van der Waals surface area contributed by atoms with Gasteiger partial charge in [-0.15, -0.1) is 13.2 Å². The van der Waals surface area contributed by atoms with E-state index in [1.165, 1.54) is 0 Å². The molecular weight excluding hydrogens is 304 g/mol. The summed E-state index contributed by atoms with van der Waals surface area (Å²) in [6, 6.07) is 1.47. The van der Waals surface area contributed by atoms with Crippen LogP contribution in [-0.2, 0) is 0 Å². The van der Waals surface area contributed by atoms with Crippen molar-refractivity contribution in [2.24, 2.45) is 0 Å². The summed E-state index contributed by atoms with van der Waals surface area (Å²) in [5.41, 5.74) is -5.66. The van der Waals surface area contributed by atoms with E-state index in [1.54, 1.807) is 0 Å². The number of rotatable bonds is 3. The molecule has 1 aromatic carbocycles. The first-order valence-electron chi connectivity index (χ1n) is 4.28. The van der Waals surface area contributed by atoms with Gasteiger partial charge in [0.05, 0.1) is 15.9 Å². The average Bonchev–Trinajstić information content (AvgIpc) is 2.15. The molecule has 0 N–H and O–H groups in total. The molecule has 0 spiro atoms. The smallest absolute Gasteiger partial charge is 0.404 e. The van der Waals surface area contributed by atoms with Crippen molar-refractivity contribution in [1.82, 2.24) is 0 Å². The molecule has 0 aliphatic rings. The minimum atomic E-state index is -5.25. The van der Waals surface area contributed by atoms with Crippen LogP contribution >= 0.6 is 11.8 Å². The standard InChI is InChI=1S/C8H3F6NO3S/c9-7(10,11)18-5-3-4(15(16)17)1-2-6(5)19-8(12,13)14/h1-3H. The zero-order chi connectivity index (χ0) is 14.8. The molecule has 1 rings (SSSR count).